The third kappa shape index (κ3) is 5.23. The van der Waals surface area contributed by atoms with Crippen LogP contribution >= 0.6 is 0 Å². The zero-order valence-corrected chi connectivity index (χ0v) is 35.5. The van der Waals surface area contributed by atoms with E-state index in [1.54, 1.807) is 6.33 Å². The first-order valence-corrected chi connectivity index (χ1v) is 23.6. The number of hydrogen-bond donors (Lipinski definition) is 0. The molecule has 2 fully saturated rings. The summed E-state index contributed by atoms with van der Waals surface area (Å²) in [6.45, 7) is 0.0797. The van der Waals surface area contributed by atoms with Gasteiger partial charge in [0.05, 0.1) is 16.7 Å². The van der Waals surface area contributed by atoms with E-state index in [2.05, 4.69) is 154 Å². The molecule has 2 aliphatic heterocycles. The molecule has 302 valence electrons. The first kappa shape index (κ1) is 35.8. The summed E-state index contributed by atoms with van der Waals surface area (Å²) in [5.41, 5.74) is 22.3. The minimum Gasteiger partial charge on any atom is -0.310 e. The van der Waals surface area contributed by atoms with Gasteiger partial charge in [0.25, 0.3) is 6.71 Å². The quantitative estimate of drug-likeness (QED) is 0.162. The van der Waals surface area contributed by atoms with Crippen LogP contribution in [0.3, 0.4) is 0 Å². The molecule has 4 aliphatic rings. The largest absolute Gasteiger partial charge is 0.310 e. The fourth-order valence-corrected chi connectivity index (χ4v) is 12.9. The van der Waals surface area contributed by atoms with Crippen LogP contribution in [0.5, 0.6) is 0 Å². The van der Waals surface area contributed by atoms with E-state index in [9.17, 15) is 0 Å². The Bertz CT molecular complexity index is 3250. The maximum atomic E-state index is 4.91. The molecule has 0 atom stereocenters. The Morgan fingerprint density at radius 2 is 0.968 bits per heavy atom. The summed E-state index contributed by atoms with van der Waals surface area (Å²) in [6.07, 6.45) is 16.5. The fraction of sp³-hybridized carbons (Fsp3) is 0.207. The van der Waals surface area contributed by atoms with E-state index in [0.717, 1.165) is 11.3 Å². The average molecular weight is 811 g/mol. The number of benzene rings is 7. The van der Waals surface area contributed by atoms with E-state index < -0.39 is 0 Å². The molecule has 0 radical (unpaired) electrons. The van der Waals surface area contributed by atoms with Crippen LogP contribution in [0.4, 0.5) is 0 Å². The lowest BCUT2D eigenvalue weighted by Crippen LogP contribution is -2.59. The Morgan fingerprint density at radius 3 is 1.44 bits per heavy atom. The van der Waals surface area contributed by atoms with Crippen LogP contribution in [-0.4, -0.2) is 25.8 Å². The zero-order valence-electron chi connectivity index (χ0n) is 35.5. The Balaban J connectivity index is 1.14. The molecule has 0 saturated heterocycles. The number of rotatable bonds is 5. The standard InChI is InChI=1S/C58H47BN4/c1-5-13-36(14-6-1)40-21-27-50-45(31-40)54-43(38-17-9-3-10-18-38)23-25-47-57(54)62(50)52-33-42(49-29-30-60-35-61-49)34-53-56(52)59(47)48-26-24-44(39-19-11-4-12-20-39)55-46-32-41(37-15-7-2-8-16-37)22-28-51(46)63(53)58(48)55/h1-2,5-8,13-16,21-35,38-39H,3-4,9-12,17-20H2. The van der Waals surface area contributed by atoms with Gasteiger partial charge >= 0.3 is 0 Å². The predicted octanol–water partition coefficient (Wildman–Crippen LogP) is 12.9. The highest BCUT2D eigenvalue weighted by Gasteiger charge is 2.42. The lowest BCUT2D eigenvalue weighted by Gasteiger charge is -2.35. The van der Waals surface area contributed by atoms with Gasteiger partial charge in [0.15, 0.2) is 0 Å². The third-order valence-corrected chi connectivity index (χ3v) is 15.7. The lowest BCUT2D eigenvalue weighted by atomic mass is 9.34. The molecule has 0 spiro atoms. The van der Waals surface area contributed by atoms with E-state index in [0.29, 0.717) is 11.8 Å². The molecule has 0 unspecified atom stereocenters. The van der Waals surface area contributed by atoms with Crippen molar-refractivity contribution in [1.82, 2.24) is 19.1 Å². The topological polar surface area (TPSA) is 35.6 Å². The van der Waals surface area contributed by atoms with Gasteiger partial charge in [-0.05, 0) is 130 Å². The SMILES string of the molecule is c1ccc(-c2ccc3c(c2)c2c(C4CCCCC4)ccc4c2n3-c2cc(-c3ccncn3)cc3c2B4c2ccc(C4CCCCC4)c4c5cc(-c6ccccc6)ccc5n-3c24)cc1. The van der Waals surface area contributed by atoms with E-state index in [1.165, 1.54) is 169 Å². The first-order chi connectivity index (χ1) is 31.3. The van der Waals surface area contributed by atoms with Gasteiger partial charge in [0, 0.05) is 55.7 Å². The Kier molecular flexibility index (Phi) is 7.90. The van der Waals surface area contributed by atoms with Gasteiger partial charge in [-0.1, -0.05) is 136 Å². The first-order valence-electron chi connectivity index (χ1n) is 23.6. The van der Waals surface area contributed by atoms with E-state index in [-0.39, 0.29) is 6.71 Å². The molecule has 0 amide bonds. The van der Waals surface area contributed by atoms with Crippen molar-refractivity contribution in [2.24, 2.45) is 0 Å². The van der Waals surface area contributed by atoms with Crippen LogP contribution in [0.1, 0.15) is 87.2 Å². The summed E-state index contributed by atoms with van der Waals surface area (Å²) in [6, 6.07) is 53.7. The third-order valence-electron chi connectivity index (χ3n) is 15.7. The highest BCUT2D eigenvalue weighted by Crippen LogP contribution is 2.47. The molecule has 7 aromatic carbocycles. The number of fused-ring (bicyclic) bond motifs is 10. The predicted molar refractivity (Wildman–Crippen MR) is 263 cm³/mol. The van der Waals surface area contributed by atoms with Crippen molar-refractivity contribution in [3.63, 3.8) is 0 Å². The molecule has 2 saturated carbocycles. The molecule has 14 rings (SSSR count). The summed E-state index contributed by atoms with van der Waals surface area (Å²) in [5, 5.41) is 5.65. The molecule has 5 heterocycles. The summed E-state index contributed by atoms with van der Waals surface area (Å²) < 4.78 is 5.33. The normalized spacial score (nSPS) is 16.1. The van der Waals surface area contributed by atoms with Crippen molar-refractivity contribution in [2.75, 3.05) is 0 Å². The van der Waals surface area contributed by atoms with Gasteiger partial charge in [0.1, 0.15) is 6.33 Å². The molecule has 5 heteroatoms. The smallest absolute Gasteiger partial charge is 0.252 e. The maximum Gasteiger partial charge on any atom is 0.252 e. The van der Waals surface area contributed by atoms with Crippen molar-refractivity contribution in [3.05, 3.63) is 163 Å². The van der Waals surface area contributed by atoms with Crippen molar-refractivity contribution < 1.29 is 0 Å². The number of aromatic nitrogens is 4. The van der Waals surface area contributed by atoms with Crippen molar-refractivity contribution >= 4 is 66.7 Å². The summed E-state index contributed by atoms with van der Waals surface area (Å²) in [4.78, 5) is 9.27. The van der Waals surface area contributed by atoms with E-state index >= 15 is 0 Å². The van der Waals surface area contributed by atoms with Crippen LogP contribution < -0.4 is 16.4 Å². The number of nitrogens with zero attached hydrogens (tertiary/aromatic N) is 4. The summed E-state index contributed by atoms with van der Waals surface area (Å²) in [5.74, 6) is 1.12. The van der Waals surface area contributed by atoms with Gasteiger partial charge in [0.2, 0.25) is 0 Å². The molecule has 0 bridgehead atoms. The van der Waals surface area contributed by atoms with Crippen LogP contribution in [0, 0.1) is 0 Å². The summed E-state index contributed by atoms with van der Waals surface area (Å²) >= 11 is 0. The van der Waals surface area contributed by atoms with Crippen molar-refractivity contribution in [1.29, 1.82) is 0 Å². The second-order valence-corrected chi connectivity index (χ2v) is 18.9. The zero-order chi connectivity index (χ0) is 41.2. The average Bonchev–Trinajstić information content (AvgIpc) is 3.89. The van der Waals surface area contributed by atoms with Gasteiger partial charge in [-0.25, -0.2) is 9.97 Å². The highest BCUT2D eigenvalue weighted by molar-refractivity contribution is 7.00. The molecule has 4 nitrogen and oxygen atoms in total. The molecule has 63 heavy (non-hydrogen) atoms. The minimum atomic E-state index is 0.0797. The van der Waals surface area contributed by atoms with Crippen molar-refractivity contribution in [2.45, 2.75) is 76.0 Å². The molecule has 10 aromatic rings. The summed E-state index contributed by atoms with van der Waals surface area (Å²) in [7, 11) is 0. The maximum absolute atomic E-state index is 4.91. The second-order valence-electron chi connectivity index (χ2n) is 18.9. The lowest BCUT2D eigenvalue weighted by molar-refractivity contribution is 0.445. The Morgan fingerprint density at radius 1 is 0.460 bits per heavy atom. The van der Waals surface area contributed by atoms with E-state index in [4.69, 9.17) is 4.98 Å². The molecule has 2 aliphatic carbocycles. The van der Waals surface area contributed by atoms with Crippen molar-refractivity contribution in [3.8, 4) is 44.9 Å². The second kappa shape index (κ2) is 13.9. The van der Waals surface area contributed by atoms with E-state index in [1.807, 2.05) is 6.20 Å². The molecule has 0 N–H and O–H groups in total. The van der Waals surface area contributed by atoms with Gasteiger partial charge < -0.3 is 9.13 Å². The minimum absolute atomic E-state index is 0.0797. The molecule has 3 aromatic heterocycles. The van der Waals surface area contributed by atoms with Crippen LogP contribution in [-0.2, 0) is 0 Å². The molecular formula is C58H47BN4. The van der Waals surface area contributed by atoms with Crippen LogP contribution in [0.15, 0.2) is 152 Å². The monoisotopic (exact) mass is 810 g/mol. The Hall–Kier alpha value is -6.72. The Labute approximate surface area is 368 Å². The van der Waals surface area contributed by atoms with Crippen LogP contribution in [0.25, 0.3) is 88.5 Å². The number of hydrogen-bond acceptors (Lipinski definition) is 2. The van der Waals surface area contributed by atoms with Gasteiger partial charge in [-0.3, -0.25) is 0 Å². The van der Waals surface area contributed by atoms with Gasteiger partial charge in [-0.2, -0.15) is 0 Å². The van der Waals surface area contributed by atoms with Crippen LogP contribution in [0.2, 0.25) is 0 Å². The highest BCUT2D eigenvalue weighted by atomic mass is 15.0. The molecular weight excluding hydrogens is 763 g/mol. The van der Waals surface area contributed by atoms with Gasteiger partial charge in [-0.15, -0.1) is 0 Å². The fourth-order valence-electron chi connectivity index (χ4n) is 12.9.